The molecule has 0 spiro atoms. The van der Waals surface area contributed by atoms with Gasteiger partial charge in [0.25, 0.3) is 0 Å². The molecule has 0 radical (unpaired) electrons. The van der Waals surface area contributed by atoms with Gasteiger partial charge < -0.3 is 5.73 Å². The Hall–Kier alpha value is -2.01. The van der Waals surface area contributed by atoms with E-state index in [4.69, 9.17) is 5.73 Å². The molecule has 4 aliphatic rings. The van der Waals surface area contributed by atoms with Crippen molar-refractivity contribution in [2.24, 2.45) is 34.8 Å². The Morgan fingerprint density at radius 1 is 1.07 bits per heavy atom. The number of hydrogen-bond acceptors (Lipinski definition) is 3. The molecular formula is C23H24FNO2S. The summed E-state index contributed by atoms with van der Waals surface area (Å²) in [6, 6.07) is 10.3. The molecule has 4 fully saturated rings. The third-order valence-corrected chi connectivity index (χ3v) is 8.59. The van der Waals surface area contributed by atoms with Crippen LogP contribution in [0.25, 0.3) is 10.4 Å². The van der Waals surface area contributed by atoms with Gasteiger partial charge in [0.2, 0.25) is 5.91 Å². The van der Waals surface area contributed by atoms with Gasteiger partial charge in [-0.15, -0.1) is 11.3 Å². The molecule has 1 heterocycles. The minimum absolute atomic E-state index is 0.135. The van der Waals surface area contributed by atoms with Crippen LogP contribution < -0.4 is 5.73 Å². The lowest BCUT2D eigenvalue weighted by Gasteiger charge is -2.59. The maximum absolute atomic E-state index is 14.0. The summed E-state index contributed by atoms with van der Waals surface area (Å²) in [6.07, 6.45) is 5.47. The van der Waals surface area contributed by atoms with Crippen LogP contribution in [-0.2, 0) is 4.79 Å². The van der Waals surface area contributed by atoms with Crippen molar-refractivity contribution in [2.45, 2.75) is 38.5 Å². The van der Waals surface area contributed by atoms with Gasteiger partial charge >= 0.3 is 0 Å². The van der Waals surface area contributed by atoms with Gasteiger partial charge in [-0.05, 0) is 74.0 Å². The maximum Gasteiger partial charge on any atom is 0.223 e. The number of Topliss-reactive ketones (excluding diaryl/α,β-unsaturated/α-hetero) is 1. The van der Waals surface area contributed by atoms with E-state index in [1.54, 1.807) is 12.1 Å². The zero-order chi connectivity index (χ0) is 19.5. The Labute approximate surface area is 168 Å². The average Bonchev–Trinajstić information content (AvgIpc) is 3.14. The summed E-state index contributed by atoms with van der Waals surface area (Å²) >= 11 is 1.37. The van der Waals surface area contributed by atoms with Gasteiger partial charge in [-0.1, -0.05) is 18.2 Å². The zero-order valence-electron chi connectivity index (χ0n) is 15.7. The van der Waals surface area contributed by atoms with E-state index in [0.29, 0.717) is 40.5 Å². The molecule has 1 aromatic carbocycles. The van der Waals surface area contributed by atoms with Gasteiger partial charge in [0.15, 0.2) is 5.78 Å². The maximum atomic E-state index is 14.0. The molecule has 4 bridgehead atoms. The van der Waals surface area contributed by atoms with E-state index in [1.807, 2.05) is 18.2 Å². The molecule has 2 unspecified atom stereocenters. The van der Waals surface area contributed by atoms with Crippen LogP contribution in [0.5, 0.6) is 0 Å². The van der Waals surface area contributed by atoms with Crippen molar-refractivity contribution in [2.75, 3.05) is 0 Å². The smallest absolute Gasteiger partial charge is 0.223 e. The van der Waals surface area contributed by atoms with E-state index >= 15 is 0 Å². The topological polar surface area (TPSA) is 60.2 Å². The van der Waals surface area contributed by atoms with Crippen molar-refractivity contribution in [1.29, 1.82) is 0 Å². The number of halogens is 1. The van der Waals surface area contributed by atoms with Crippen molar-refractivity contribution < 1.29 is 14.0 Å². The molecule has 1 aromatic heterocycles. The Morgan fingerprint density at radius 3 is 2.46 bits per heavy atom. The molecular weight excluding hydrogens is 373 g/mol. The highest BCUT2D eigenvalue weighted by molar-refractivity contribution is 7.17. The van der Waals surface area contributed by atoms with E-state index in [0.717, 1.165) is 37.0 Å². The summed E-state index contributed by atoms with van der Waals surface area (Å²) in [5.41, 5.74) is 6.00. The summed E-state index contributed by atoms with van der Waals surface area (Å²) < 4.78 is 14.0. The van der Waals surface area contributed by atoms with Crippen LogP contribution in [0.2, 0.25) is 0 Å². The Kier molecular flexibility index (Phi) is 4.20. The van der Waals surface area contributed by atoms with Crippen LogP contribution in [0, 0.1) is 34.9 Å². The van der Waals surface area contributed by atoms with Crippen molar-refractivity contribution in [3.63, 3.8) is 0 Å². The number of rotatable bonds is 5. The van der Waals surface area contributed by atoms with Gasteiger partial charge in [-0.3, -0.25) is 9.59 Å². The predicted molar refractivity (Wildman–Crippen MR) is 107 cm³/mol. The molecule has 146 valence electrons. The number of primary amides is 1. The predicted octanol–water partition coefficient (Wildman–Crippen LogP) is 5.05. The monoisotopic (exact) mass is 397 g/mol. The fourth-order valence-electron chi connectivity index (χ4n) is 6.37. The normalized spacial score (nSPS) is 33.2. The summed E-state index contributed by atoms with van der Waals surface area (Å²) in [6.45, 7) is 0. The molecule has 28 heavy (non-hydrogen) atoms. The van der Waals surface area contributed by atoms with E-state index < -0.39 is 0 Å². The Balaban J connectivity index is 1.33. The Bertz CT molecular complexity index is 936. The standard InChI is InChI=1S/C23H24FNO2S/c24-18-4-2-1-3-16(18)20-5-6-21(28-20)19(26)9-17-14-7-13-8-15(17)12-23(10-13,11-14)22(25)27/h1-6,13-15,17H,7-12H2,(H2,25,27). The zero-order valence-corrected chi connectivity index (χ0v) is 16.5. The molecule has 2 atom stereocenters. The van der Waals surface area contributed by atoms with Crippen LogP contribution >= 0.6 is 11.3 Å². The molecule has 4 saturated carbocycles. The van der Waals surface area contributed by atoms with Crippen LogP contribution in [-0.4, -0.2) is 11.7 Å². The molecule has 4 aliphatic carbocycles. The first-order valence-electron chi connectivity index (χ1n) is 10.1. The highest BCUT2D eigenvalue weighted by atomic mass is 32.1. The van der Waals surface area contributed by atoms with Gasteiger partial charge in [-0.25, -0.2) is 4.39 Å². The second kappa shape index (κ2) is 6.51. The van der Waals surface area contributed by atoms with Gasteiger partial charge in [-0.2, -0.15) is 0 Å². The van der Waals surface area contributed by atoms with Gasteiger partial charge in [0.05, 0.1) is 4.88 Å². The quantitative estimate of drug-likeness (QED) is 0.717. The number of nitrogens with two attached hydrogens (primary N) is 1. The minimum atomic E-state index is -0.309. The largest absolute Gasteiger partial charge is 0.369 e. The van der Waals surface area contributed by atoms with Crippen LogP contribution in [0.3, 0.4) is 0 Å². The Morgan fingerprint density at radius 2 is 1.79 bits per heavy atom. The van der Waals surface area contributed by atoms with E-state index in [1.165, 1.54) is 17.4 Å². The van der Waals surface area contributed by atoms with Crippen molar-refractivity contribution in [3.8, 4) is 10.4 Å². The highest BCUT2D eigenvalue weighted by Crippen LogP contribution is 2.62. The highest BCUT2D eigenvalue weighted by Gasteiger charge is 2.57. The van der Waals surface area contributed by atoms with Gasteiger partial charge in [0.1, 0.15) is 5.82 Å². The number of amides is 1. The van der Waals surface area contributed by atoms with Crippen molar-refractivity contribution >= 4 is 23.0 Å². The fraction of sp³-hybridized carbons (Fsp3) is 0.478. The lowest BCUT2D eigenvalue weighted by atomic mass is 9.45. The summed E-state index contributed by atoms with van der Waals surface area (Å²) in [4.78, 5) is 26.6. The van der Waals surface area contributed by atoms with Gasteiger partial charge in [0, 0.05) is 22.3 Å². The second-order valence-corrected chi connectivity index (χ2v) is 10.1. The average molecular weight is 398 g/mol. The fourth-order valence-corrected chi connectivity index (χ4v) is 7.35. The molecule has 2 N–H and O–H groups in total. The summed E-state index contributed by atoms with van der Waals surface area (Å²) in [5, 5.41) is 0. The van der Waals surface area contributed by atoms with Crippen molar-refractivity contribution in [1.82, 2.24) is 0 Å². The van der Waals surface area contributed by atoms with Crippen LogP contribution in [0.15, 0.2) is 36.4 Å². The lowest BCUT2D eigenvalue weighted by molar-refractivity contribution is -0.149. The van der Waals surface area contributed by atoms with Crippen molar-refractivity contribution in [3.05, 3.63) is 47.1 Å². The molecule has 2 aromatic rings. The summed E-state index contributed by atoms with van der Waals surface area (Å²) in [5.74, 6) is 1.59. The van der Waals surface area contributed by atoms with Crippen LogP contribution in [0.1, 0.15) is 48.2 Å². The SMILES string of the molecule is NC(=O)C12CC3CC(C1)C(CC(=O)c1ccc(-c4ccccc4F)s1)C(C3)C2. The molecule has 0 aliphatic heterocycles. The number of carbonyl (C=O) groups excluding carboxylic acids is 2. The number of thiophene rings is 1. The first kappa shape index (κ1) is 18.0. The number of carbonyl (C=O) groups is 2. The molecule has 5 heteroatoms. The lowest BCUT2D eigenvalue weighted by Crippen LogP contribution is -2.56. The number of ketones is 1. The number of benzene rings is 1. The van der Waals surface area contributed by atoms with E-state index in [9.17, 15) is 14.0 Å². The first-order valence-corrected chi connectivity index (χ1v) is 10.9. The van der Waals surface area contributed by atoms with E-state index in [2.05, 4.69) is 0 Å². The molecule has 3 nitrogen and oxygen atoms in total. The number of hydrogen-bond donors (Lipinski definition) is 1. The molecule has 1 amide bonds. The molecule has 6 rings (SSSR count). The van der Waals surface area contributed by atoms with E-state index in [-0.39, 0.29) is 22.9 Å². The minimum Gasteiger partial charge on any atom is -0.369 e. The second-order valence-electron chi connectivity index (χ2n) is 9.05. The third-order valence-electron chi connectivity index (χ3n) is 7.43. The first-order chi connectivity index (χ1) is 13.4. The van der Waals surface area contributed by atoms with Crippen LogP contribution in [0.4, 0.5) is 4.39 Å². The summed E-state index contributed by atoms with van der Waals surface area (Å²) in [7, 11) is 0. The molecule has 0 saturated heterocycles. The third kappa shape index (κ3) is 2.83.